The summed E-state index contributed by atoms with van der Waals surface area (Å²) in [6.07, 6.45) is 3.47. The smallest absolute Gasteiger partial charge is 0.0619 e. The highest BCUT2D eigenvalue weighted by atomic mass is 16.5. The Hall–Kier alpha value is -0.860. The first-order valence-electron chi connectivity index (χ1n) is 5.59. The van der Waals surface area contributed by atoms with Crippen LogP contribution in [0.4, 0.5) is 0 Å². The molecule has 0 aromatic heterocycles. The van der Waals surface area contributed by atoms with Gasteiger partial charge in [-0.05, 0) is 30.9 Å². The van der Waals surface area contributed by atoms with Gasteiger partial charge in [0, 0.05) is 13.2 Å². The van der Waals surface area contributed by atoms with Crippen molar-refractivity contribution >= 4 is 0 Å². The van der Waals surface area contributed by atoms with Gasteiger partial charge in [0.2, 0.25) is 0 Å². The maximum atomic E-state index is 5.79. The standard InChI is InChI=1S/C13H17O2/c1-2-4-12(5-3-1)6-11-15-13-7-9-14-10-8-13/h1-2,4-5,13H,6-11H2. The predicted molar refractivity (Wildman–Crippen MR) is 58.8 cm³/mol. The van der Waals surface area contributed by atoms with Crippen molar-refractivity contribution in [2.24, 2.45) is 0 Å². The Morgan fingerprint density at radius 3 is 3.00 bits per heavy atom. The third-order valence-corrected chi connectivity index (χ3v) is 2.68. The molecule has 15 heavy (non-hydrogen) atoms. The lowest BCUT2D eigenvalue weighted by molar-refractivity contribution is -0.0307. The highest BCUT2D eigenvalue weighted by molar-refractivity contribution is 5.13. The molecule has 0 amide bonds. The quantitative estimate of drug-likeness (QED) is 0.750. The molecule has 0 spiro atoms. The second kappa shape index (κ2) is 5.89. The normalized spacial score (nSPS) is 17.9. The van der Waals surface area contributed by atoms with Crippen LogP contribution in [-0.2, 0) is 15.9 Å². The second-order valence-electron chi connectivity index (χ2n) is 3.84. The van der Waals surface area contributed by atoms with Crippen LogP contribution in [0.15, 0.2) is 24.3 Å². The maximum Gasteiger partial charge on any atom is 0.0619 e. The Morgan fingerprint density at radius 2 is 2.27 bits per heavy atom. The van der Waals surface area contributed by atoms with E-state index in [0.717, 1.165) is 39.1 Å². The van der Waals surface area contributed by atoms with E-state index in [0.29, 0.717) is 6.10 Å². The first kappa shape index (κ1) is 10.7. The number of hydrogen-bond acceptors (Lipinski definition) is 2. The van der Waals surface area contributed by atoms with Crippen molar-refractivity contribution < 1.29 is 9.47 Å². The van der Waals surface area contributed by atoms with Gasteiger partial charge in [-0.2, -0.15) is 0 Å². The molecule has 0 aliphatic carbocycles. The minimum Gasteiger partial charge on any atom is -0.381 e. The fourth-order valence-corrected chi connectivity index (χ4v) is 1.77. The van der Waals surface area contributed by atoms with E-state index in [9.17, 15) is 0 Å². The Bertz CT molecular complexity index is 265. The summed E-state index contributed by atoms with van der Waals surface area (Å²) in [6, 6.07) is 11.1. The van der Waals surface area contributed by atoms with Crippen LogP contribution < -0.4 is 0 Å². The summed E-state index contributed by atoms with van der Waals surface area (Å²) in [5.41, 5.74) is 1.30. The van der Waals surface area contributed by atoms with Crippen molar-refractivity contribution in [1.82, 2.24) is 0 Å². The van der Waals surface area contributed by atoms with E-state index in [-0.39, 0.29) is 0 Å². The Kier molecular flexibility index (Phi) is 4.18. The first-order chi connectivity index (χ1) is 7.45. The van der Waals surface area contributed by atoms with Gasteiger partial charge in [-0.15, -0.1) is 0 Å². The van der Waals surface area contributed by atoms with Crippen LogP contribution in [0.5, 0.6) is 0 Å². The van der Waals surface area contributed by atoms with E-state index in [1.165, 1.54) is 5.56 Å². The molecule has 2 nitrogen and oxygen atoms in total. The summed E-state index contributed by atoms with van der Waals surface area (Å²) in [5.74, 6) is 0. The maximum absolute atomic E-state index is 5.79. The number of hydrogen-bond donors (Lipinski definition) is 0. The van der Waals surface area contributed by atoms with Crippen LogP contribution in [0.1, 0.15) is 18.4 Å². The molecule has 1 fully saturated rings. The van der Waals surface area contributed by atoms with Gasteiger partial charge in [-0.3, -0.25) is 0 Å². The SMILES string of the molecule is [c]1cccc(CCOC2CCOCC2)c1. The summed E-state index contributed by atoms with van der Waals surface area (Å²) in [4.78, 5) is 0. The summed E-state index contributed by atoms with van der Waals surface area (Å²) in [5, 5.41) is 0. The van der Waals surface area contributed by atoms with E-state index in [1.54, 1.807) is 0 Å². The summed E-state index contributed by atoms with van der Waals surface area (Å²) in [7, 11) is 0. The molecule has 0 unspecified atom stereocenters. The lowest BCUT2D eigenvalue weighted by atomic mass is 10.1. The molecule has 1 heterocycles. The van der Waals surface area contributed by atoms with Crippen molar-refractivity contribution in [2.75, 3.05) is 19.8 Å². The molecule has 81 valence electrons. The van der Waals surface area contributed by atoms with E-state index >= 15 is 0 Å². The van der Waals surface area contributed by atoms with E-state index in [1.807, 2.05) is 18.2 Å². The van der Waals surface area contributed by atoms with Crippen molar-refractivity contribution in [3.63, 3.8) is 0 Å². The van der Waals surface area contributed by atoms with Crippen LogP contribution in [0.25, 0.3) is 0 Å². The van der Waals surface area contributed by atoms with Gasteiger partial charge in [-0.25, -0.2) is 0 Å². The molecule has 0 N–H and O–H groups in total. The molecule has 1 aromatic carbocycles. The molecule has 0 atom stereocenters. The number of rotatable bonds is 4. The fourth-order valence-electron chi connectivity index (χ4n) is 1.77. The summed E-state index contributed by atoms with van der Waals surface area (Å²) >= 11 is 0. The van der Waals surface area contributed by atoms with E-state index < -0.39 is 0 Å². The lowest BCUT2D eigenvalue weighted by Crippen LogP contribution is -2.24. The minimum absolute atomic E-state index is 0.409. The molecule has 0 bridgehead atoms. The Labute approximate surface area is 91.2 Å². The molecule has 1 aromatic rings. The Morgan fingerprint density at radius 1 is 1.40 bits per heavy atom. The predicted octanol–water partition coefficient (Wildman–Crippen LogP) is 2.22. The molecule has 2 rings (SSSR count). The molecular weight excluding hydrogens is 188 g/mol. The third kappa shape index (κ3) is 3.65. The van der Waals surface area contributed by atoms with Gasteiger partial charge in [0.25, 0.3) is 0 Å². The molecule has 0 saturated carbocycles. The zero-order valence-corrected chi connectivity index (χ0v) is 8.95. The monoisotopic (exact) mass is 205 g/mol. The third-order valence-electron chi connectivity index (χ3n) is 2.68. The molecule has 1 aliphatic heterocycles. The topological polar surface area (TPSA) is 18.5 Å². The number of ether oxygens (including phenoxy) is 2. The lowest BCUT2D eigenvalue weighted by Gasteiger charge is -2.22. The van der Waals surface area contributed by atoms with Crippen molar-refractivity contribution in [1.29, 1.82) is 0 Å². The van der Waals surface area contributed by atoms with E-state index in [4.69, 9.17) is 9.47 Å². The van der Waals surface area contributed by atoms with Crippen LogP contribution >= 0.6 is 0 Å². The molecular formula is C13H17O2. The largest absolute Gasteiger partial charge is 0.381 e. The van der Waals surface area contributed by atoms with Crippen molar-refractivity contribution in [3.05, 3.63) is 35.9 Å². The molecule has 2 heteroatoms. The van der Waals surface area contributed by atoms with Gasteiger partial charge < -0.3 is 9.47 Å². The fraction of sp³-hybridized carbons (Fsp3) is 0.538. The van der Waals surface area contributed by atoms with Gasteiger partial charge in [0.15, 0.2) is 0 Å². The van der Waals surface area contributed by atoms with Crippen molar-refractivity contribution in [2.45, 2.75) is 25.4 Å². The Balaban J connectivity index is 1.66. The van der Waals surface area contributed by atoms with Crippen LogP contribution in [0, 0.1) is 6.07 Å². The van der Waals surface area contributed by atoms with Crippen LogP contribution in [0.3, 0.4) is 0 Å². The van der Waals surface area contributed by atoms with E-state index in [2.05, 4.69) is 12.1 Å². The summed E-state index contributed by atoms with van der Waals surface area (Å²) < 4.78 is 11.1. The second-order valence-corrected chi connectivity index (χ2v) is 3.84. The average Bonchev–Trinajstić information content (AvgIpc) is 2.32. The molecule has 1 saturated heterocycles. The van der Waals surface area contributed by atoms with Gasteiger partial charge in [0.1, 0.15) is 0 Å². The first-order valence-corrected chi connectivity index (χ1v) is 5.59. The van der Waals surface area contributed by atoms with Crippen LogP contribution in [0.2, 0.25) is 0 Å². The van der Waals surface area contributed by atoms with Gasteiger partial charge in [-0.1, -0.05) is 24.3 Å². The zero-order chi connectivity index (χ0) is 10.3. The number of benzene rings is 1. The van der Waals surface area contributed by atoms with Gasteiger partial charge in [0.05, 0.1) is 12.7 Å². The highest BCUT2D eigenvalue weighted by Gasteiger charge is 2.13. The minimum atomic E-state index is 0.409. The van der Waals surface area contributed by atoms with Crippen LogP contribution in [-0.4, -0.2) is 25.9 Å². The molecule has 1 aliphatic rings. The average molecular weight is 205 g/mol. The molecule has 1 radical (unpaired) electrons. The van der Waals surface area contributed by atoms with Crippen molar-refractivity contribution in [3.8, 4) is 0 Å². The highest BCUT2D eigenvalue weighted by Crippen LogP contribution is 2.11. The zero-order valence-electron chi connectivity index (χ0n) is 8.95. The summed E-state index contributed by atoms with van der Waals surface area (Å²) in [6.45, 7) is 2.51. The van der Waals surface area contributed by atoms with Gasteiger partial charge >= 0.3 is 0 Å².